The molecule has 0 spiro atoms. The topological polar surface area (TPSA) is 64.7 Å². The molecule has 0 unspecified atom stereocenters. The Bertz CT molecular complexity index is 315. The van der Waals surface area contributed by atoms with E-state index in [-0.39, 0.29) is 18.4 Å². The van der Waals surface area contributed by atoms with Crippen LogP contribution in [0.15, 0.2) is 0 Å². The summed E-state index contributed by atoms with van der Waals surface area (Å²) < 4.78 is 0. The van der Waals surface area contributed by atoms with Crippen LogP contribution in [-0.2, 0) is 9.59 Å². The zero-order chi connectivity index (χ0) is 13.8. The van der Waals surface area contributed by atoms with Crippen LogP contribution in [-0.4, -0.2) is 74.0 Å². The largest absolute Gasteiger partial charge is 0.353 e. The maximum absolute atomic E-state index is 12.0. The number of amides is 2. The van der Waals surface area contributed by atoms with Gasteiger partial charge in [-0.25, -0.2) is 0 Å². The molecule has 1 fully saturated rings. The Morgan fingerprint density at radius 2 is 2.17 bits per heavy atom. The third kappa shape index (κ3) is 4.27. The van der Waals surface area contributed by atoms with Gasteiger partial charge in [0.25, 0.3) is 0 Å². The van der Waals surface area contributed by atoms with Gasteiger partial charge in [0.15, 0.2) is 0 Å². The summed E-state index contributed by atoms with van der Waals surface area (Å²) in [6.45, 7) is 6.55. The van der Waals surface area contributed by atoms with Crippen LogP contribution in [0.1, 0.15) is 13.8 Å². The van der Waals surface area contributed by atoms with E-state index in [4.69, 9.17) is 0 Å². The summed E-state index contributed by atoms with van der Waals surface area (Å²) in [5.41, 5.74) is -0.567. The highest BCUT2D eigenvalue weighted by Gasteiger charge is 2.35. The van der Waals surface area contributed by atoms with Crippen molar-refractivity contribution in [2.24, 2.45) is 0 Å². The van der Waals surface area contributed by atoms with E-state index in [1.165, 1.54) is 0 Å². The lowest BCUT2D eigenvalue weighted by atomic mass is 10.0. The first-order valence-electron chi connectivity index (χ1n) is 6.29. The molecule has 6 heteroatoms. The molecule has 2 amide bonds. The molecule has 0 aliphatic carbocycles. The Hall–Kier alpha value is -1.14. The molecule has 1 aliphatic rings. The van der Waals surface area contributed by atoms with Gasteiger partial charge in [-0.1, -0.05) is 0 Å². The Labute approximate surface area is 109 Å². The zero-order valence-electron chi connectivity index (χ0n) is 11.7. The lowest BCUT2D eigenvalue weighted by molar-refractivity contribution is -0.143. The van der Waals surface area contributed by atoms with Crippen LogP contribution in [0, 0.1) is 0 Å². The number of carbonyl (C=O) groups excluding carboxylic acids is 2. The third-order valence-electron chi connectivity index (χ3n) is 2.99. The SMILES string of the molecule is CN(C)CCNC(=O)CN1CCNC(C)(C)C1=O. The molecule has 0 aromatic rings. The van der Waals surface area contributed by atoms with E-state index in [0.717, 1.165) is 13.1 Å². The summed E-state index contributed by atoms with van der Waals surface area (Å²) >= 11 is 0. The summed E-state index contributed by atoms with van der Waals surface area (Å²) in [6, 6.07) is 0. The molecule has 0 radical (unpaired) electrons. The fourth-order valence-electron chi connectivity index (χ4n) is 1.87. The van der Waals surface area contributed by atoms with Crippen LogP contribution in [0.3, 0.4) is 0 Å². The van der Waals surface area contributed by atoms with Gasteiger partial charge in [-0.3, -0.25) is 9.59 Å². The molecule has 1 aliphatic heterocycles. The molecule has 1 heterocycles. The highest BCUT2D eigenvalue weighted by molar-refractivity contribution is 5.90. The summed E-state index contributed by atoms with van der Waals surface area (Å²) in [5, 5.41) is 5.95. The number of likely N-dealkylation sites (N-methyl/N-ethyl adjacent to an activating group) is 1. The molecule has 18 heavy (non-hydrogen) atoms. The fourth-order valence-corrected chi connectivity index (χ4v) is 1.87. The molecule has 2 N–H and O–H groups in total. The highest BCUT2D eigenvalue weighted by Crippen LogP contribution is 2.11. The van der Waals surface area contributed by atoms with Gasteiger partial charge in [-0.05, 0) is 27.9 Å². The fraction of sp³-hybridized carbons (Fsp3) is 0.833. The standard InChI is InChI=1S/C12H24N4O2/c1-12(2)11(18)16(8-6-14-12)9-10(17)13-5-7-15(3)4/h14H,5-9H2,1-4H3,(H,13,17). The van der Waals surface area contributed by atoms with E-state index in [1.54, 1.807) is 4.90 Å². The number of hydrogen-bond donors (Lipinski definition) is 2. The highest BCUT2D eigenvalue weighted by atomic mass is 16.2. The minimum Gasteiger partial charge on any atom is -0.353 e. The molecule has 0 atom stereocenters. The Morgan fingerprint density at radius 1 is 1.50 bits per heavy atom. The second-order valence-corrected chi connectivity index (χ2v) is 5.43. The van der Waals surface area contributed by atoms with E-state index in [0.29, 0.717) is 13.1 Å². The first-order valence-corrected chi connectivity index (χ1v) is 6.29. The van der Waals surface area contributed by atoms with Crippen molar-refractivity contribution in [1.82, 2.24) is 20.4 Å². The molecule has 104 valence electrons. The predicted octanol–water partition coefficient (Wildman–Crippen LogP) is -1.13. The Kier molecular flexibility index (Phi) is 5.10. The summed E-state index contributed by atoms with van der Waals surface area (Å²) in [5.74, 6) is -0.112. The number of hydrogen-bond acceptors (Lipinski definition) is 4. The predicted molar refractivity (Wildman–Crippen MR) is 70.2 cm³/mol. The molecular formula is C12H24N4O2. The van der Waals surface area contributed by atoms with Gasteiger partial charge in [0.05, 0.1) is 12.1 Å². The van der Waals surface area contributed by atoms with Crippen molar-refractivity contribution < 1.29 is 9.59 Å². The number of nitrogens with one attached hydrogen (secondary N) is 2. The van der Waals surface area contributed by atoms with Gasteiger partial charge in [0.2, 0.25) is 11.8 Å². The van der Waals surface area contributed by atoms with Crippen LogP contribution in [0.25, 0.3) is 0 Å². The molecule has 0 bridgehead atoms. The Balaban J connectivity index is 2.37. The average Bonchev–Trinajstić information content (AvgIpc) is 2.24. The minimum atomic E-state index is -0.567. The van der Waals surface area contributed by atoms with Crippen molar-refractivity contribution in [3.63, 3.8) is 0 Å². The maximum Gasteiger partial charge on any atom is 0.242 e. The smallest absolute Gasteiger partial charge is 0.242 e. The summed E-state index contributed by atoms with van der Waals surface area (Å²) in [6.07, 6.45) is 0. The number of carbonyl (C=O) groups is 2. The number of piperazine rings is 1. The number of rotatable bonds is 5. The monoisotopic (exact) mass is 256 g/mol. The van der Waals surface area contributed by atoms with Crippen molar-refractivity contribution >= 4 is 11.8 Å². The van der Waals surface area contributed by atoms with Gasteiger partial charge in [0, 0.05) is 26.2 Å². The normalized spacial score (nSPS) is 19.2. The first kappa shape index (κ1) is 14.9. The molecule has 6 nitrogen and oxygen atoms in total. The second kappa shape index (κ2) is 6.15. The third-order valence-corrected chi connectivity index (χ3v) is 2.99. The zero-order valence-corrected chi connectivity index (χ0v) is 11.7. The Morgan fingerprint density at radius 3 is 2.78 bits per heavy atom. The minimum absolute atomic E-state index is 0.0171. The van der Waals surface area contributed by atoms with Crippen LogP contribution in [0.4, 0.5) is 0 Å². The molecule has 1 saturated heterocycles. The quantitative estimate of drug-likeness (QED) is 0.654. The van der Waals surface area contributed by atoms with E-state index in [9.17, 15) is 9.59 Å². The van der Waals surface area contributed by atoms with Gasteiger partial charge in [-0.2, -0.15) is 0 Å². The van der Waals surface area contributed by atoms with Crippen LogP contribution in [0.5, 0.6) is 0 Å². The van der Waals surface area contributed by atoms with E-state index >= 15 is 0 Å². The summed E-state index contributed by atoms with van der Waals surface area (Å²) in [7, 11) is 3.91. The first-order chi connectivity index (χ1) is 8.33. The van der Waals surface area contributed by atoms with E-state index in [2.05, 4.69) is 10.6 Å². The summed E-state index contributed by atoms with van der Waals surface area (Å²) in [4.78, 5) is 27.4. The van der Waals surface area contributed by atoms with Crippen molar-refractivity contribution in [1.29, 1.82) is 0 Å². The lowest BCUT2D eigenvalue weighted by Gasteiger charge is -2.37. The van der Waals surface area contributed by atoms with Crippen molar-refractivity contribution in [2.45, 2.75) is 19.4 Å². The van der Waals surface area contributed by atoms with Gasteiger partial charge < -0.3 is 20.4 Å². The van der Waals surface area contributed by atoms with Gasteiger partial charge in [0.1, 0.15) is 0 Å². The van der Waals surface area contributed by atoms with Gasteiger partial charge in [-0.15, -0.1) is 0 Å². The van der Waals surface area contributed by atoms with E-state index < -0.39 is 5.54 Å². The van der Waals surface area contributed by atoms with Crippen LogP contribution in [0.2, 0.25) is 0 Å². The maximum atomic E-state index is 12.0. The van der Waals surface area contributed by atoms with Crippen LogP contribution < -0.4 is 10.6 Å². The molecule has 0 aromatic carbocycles. The molecular weight excluding hydrogens is 232 g/mol. The van der Waals surface area contributed by atoms with Crippen molar-refractivity contribution in [3.8, 4) is 0 Å². The molecule has 0 aromatic heterocycles. The van der Waals surface area contributed by atoms with Crippen molar-refractivity contribution in [3.05, 3.63) is 0 Å². The lowest BCUT2D eigenvalue weighted by Crippen LogP contribution is -2.62. The van der Waals surface area contributed by atoms with Crippen LogP contribution >= 0.6 is 0 Å². The average molecular weight is 256 g/mol. The molecule has 1 rings (SSSR count). The van der Waals surface area contributed by atoms with Crippen molar-refractivity contribution in [2.75, 3.05) is 46.8 Å². The van der Waals surface area contributed by atoms with Gasteiger partial charge >= 0.3 is 0 Å². The second-order valence-electron chi connectivity index (χ2n) is 5.43. The molecule has 0 saturated carbocycles. The van der Waals surface area contributed by atoms with E-state index in [1.807, 2.05) is 32.8 Å². The number of nitrogens with zero attached hydrogens (tertiary/aromatic N) is 2.